The first-order chi connectivity index (χ1) is 16.0. The second-order valence-corrected chi connectivity index (χ2v) is 8.22. The summed E-state index contributed by atoms with van der Waals surface area (Å²) in [5.41, 5.74) is 3.22. The molecule has 0 atom stereocenters. The summed E-state index contributed by atoms with van der Waals surface area (Å²) in [4.78, 5) is 45.2. The van der Waals surface area contributed by atoms with Crippen LogP contribution in [-0.4, -0.2) is 51.9 Å². The number of methoxy groups -OCH3 is 4. The Hall–Kier alpha value is -3.20. The molecule has 0 aliphatic rings. The Morgan fingerprint density at radius 2 is 1.12 bits per heavy atom. The van der Waals surface area contributed by atoms with Crippen LogP contribution in [0.5, 0.6) is 11.5 Å². The van der Waals surface area contributed by atoms with Crippen molar-refractivity contribution in [1.82, 2.24) is 0 Å². The van der Waals surface area contributed by atoms with E-state index in [9.17, 15) is 19.2 Å². The molecule has 0 fully saturated rings. The minimum Gasteiger partial charge on any atom is -0.496 e. The molecule has 0 unspecified atom stereocenters. The van der Waals surface area contributed by atoms with E-state index in [1.165, 1.54) is 42.3 Å². The van der Waals surface area contributed by atoms with Gasteiger partial charge in [0.05, 0.1) is 28.4 Å². The molecule has 0 amide bonds. The zero-order valence-electron chi connectivity index (χ0n) is 20.4. The molecule has 0 heterocycles. The molecule has 184 valence electrons. The number of Topliss-reactive ketones (excluding diaryl/α,β-unsaturated/α-hetero) is 2. The molecule has 0 radical (unpaired) electrons. The molecule has 0 aromatic heterocycles. The van der Waals surface area contributed by atoms with Crippen LogP contribution in [0.25, 0.3) is 0 Å². The van der Waals surface area contributed by atoms with Crippen LogP contribution in [0.4, 0.5) is 0 Å². The molecule has 0 saturated heterocycles. The summed E-state index contributed by atoms with van der Waals surface area (Å²) in [5.74, 6) is 0.0193. The van der Waals surface area contributed by atoms with Gasteiger partial charge >= 0.3 is 11.9 Å². The SMILES string of the molecule is COC(=O)c1cc(Br)c(CC(C)=O)cc1OC.COC(=O)c1cc(C)c(CC(C)=O)cc1OC. The van der Waals surface area contributed by atoms with E-state index in [2.05, 4.69) is 25.4 Å². The zero-order valence-corrected chi connectivity index (χ0v) is 22.0. The van der Waals surface area contributed by atoms with E-state index in [-0.39, 0.29) is 11.6 Å². The van der Waals surface area contributed by atoms with Crippen molar-refractivity contribution in [1.29, 1.82) is 0 Å². The second-order valence-electron chi connectivity index (χ2n) is 7.36. The smallest absolute Gasteiger partial charge is 0.341 e. The van der Waals surface area contributed by atoms with Crippen LogP contribution in [0.2, 0.25) is 0 Å². The lowest BCUT2D eigenvalue weighted by Crippen LogP contribution is -2.07. The first-order valence-corrected chi connectivity index (χ1v) is 11.0. The van der Waals surface area contributed by atoms with Crippen LogP contribution >= 0.6 is 15.9 Å². The summed E-state index contributed by atoms with van der Waals surface area (Å²) >= 11 is 3.32. The molecular formula is C25H29BrO8. The Kier molecular flexibility index (Phi) is 11.4. The highest BCUT2D eigenvalue weighted by Crippen LogP contribution is 2.28. The fourth-order valence-electron chi connectivity index (χ4n) is 3.06. The highest BCUT2D eigenvalue weighted by Gasteiger charge is 2.17. The van der Waals surface area contributed by atoms with Crippen molar-refractivity contribution in [2.24, 2.45) is 0 Å². The number of hydrogen-bond donors (Lipinski definition) is 0. The number of ether oxygens (including phenoxy) is 4. The van der Waals surface area contributed by atoms with Crippen LogP contribution in [-0.2, 0) is 31.9 Å². The number of carbonyl (C=O) groups is 4. The highest BCUT2D eigenvalue weighted by atomic mass is 79.9. The van der Waals surface area contributed by atoms with Gasteiger partial charge < -0.3 is 18.9 Å². The number of benzene rings is 2. The first kappa shape index (κ1) is 28.8. The summed E-state index contributed by atoms with van der Waals surface area (Å²) in [6.45, 7) is 4.89. The van der Waals surface area contributed by atoms with Gasteiger partial charge in [-0.05, 0) is 61.7 Å². The predicted octanol–water partition coefficient (Wildman–Crippen LogP) is 4.30. The Morgan fingerprint density at radius 1 is 0.706 bits per heavy atom. The molecule has 34 heavy (non-hydrogen) atoms. The molecule has 0 N–H and O–H groups in total. The quantitative estimate of drug-likeness (QED) is 0.460. The Bertz CT molecular complexity index is 990. The van der Waals surface area contributed by atoms with Gasteiger partial charge in [-0.15, -0.1) is 0 Å². The monoisotopic (exact) mass is 536 g/mol. The summed E-state index contributed by atoms with van der Waals surface area (Å²) in [5, 5.41) is 0. The Morgan fingerprint density at radius 3 is 1.53 bits per heavy atom. The van der Waals surface area contributed by atoms with E-state index in [1.807, 2.05) is 6.92 Å². The van der Waals surface area contributed by atoms with Crippen molar-refractivity contribution >= 4 is 39.4 Å². The minimum atomic E-state index is -0.475. The molecule has 9 heteroatoms. The minimum absolute atomic E-state index is 0.0403. The molecule has 0 bridgehead atoms. The number of rotatable bonds is 8. The molecule has 2 aromatic carbocycles. The molecule has 0 aliphatic heterocycles. The summed E-state index contributed by atoms with van der Waals surface area (Å²) in [6, 6.07) is 6.66. The van der Waals surface area contributed by atoms with Crippen LogP contribution in [0.1, 0.15) is 51.3 Å². The number of esters is 2. The summed E-state index contributed by atoms with van der Waals surface area (Å²) in [6.07, 6.45) is 0.627. The highest BCUT2D eigenvalue weighted by molar-refractivity contribution is 9.10. The summed E-state index contributed by atoms with van der Waals surface area (Å²) < 4.78 is 20.3. The molecule has 8 nitrogen and oxygen atoms in total. The van der Waals surface area contributed by atoms with Gasteiger partial charge in [0, 0.05) is 17.3 Å². The predicted molar refractivity (Wildman–Crippen MR) is 130 cm³/mol. The van der Waals surface area contributed by atoms with Gasteiger partial charge in [-0.2, -0.15) is 0 Å². The van der Waals surface area contributed by atoms with E-state index in [0.29, 0.717) is 39.9 Å². The van der Waals surface area contributed by atoms with E-state index in [1.54, 1.807) is 24.3 Å². The lowest BCUT2D eigenvalue weighted by molar-refractivity contribution is -0.117. The molecular weight excluding hydrogens is 508 g/mol. The van der Waals surface area contributed by atoms with Gasteiger partial charge in [0.1, 0.15) is 34.2 Å². The van der Waals surface area contributed by atoms with Gasteiger partial charge in [0.15, 0.2) is 0 Å². The Labute approximate surface area is 207 Å². The standard InChI is InChI=1S/C13H16O4.C12H13BrO4/c1-8-5-11(13(15)17-4)12(16-3)7-10(8)6-9(2)14;1-7(14)4-8-5-11(16-2)9(6-10(8)13)12(15)17-3/h5,7H,6H2,1-4H3;5-6H,4H2,1-3H3. The molecule has 2 rings (SSSR count). The van der Waals surface area contributed by atoms with Crippen molar-refractivity contribution < 1.29 is 38.1 Å². The van der Waals surface area contributed by atoms with Crippen molar-refractivity contribution in [2.75, 3.05) is 28.4 Å². The largest absolute Gasteiger partial charge is 0.496 e. The van der Waals surface area contributed by atoms with E-state index >= 15 is 0 Å². The first-order valence-electron chi connectivity index (χ1n) is 10.2. The topological polar surface area (TPSA) is 105 Å². The average molecular weight is 537 g/mol. The van der Waals surface area contributed by atoms with Crippen molar-refractivity contribution in [2.45, 2.75) is 33.6 Å². The van der Waals surface area contributed by atoms with E-state index < -0.39 is 11.9 Å². The molecule has 0 spiro atoms. The lowest BCUT2D eigenvalue weighted by atomic mass is 10.00. The van der Waals surface area contributed by atoms with Gasteiger partial charge in [0.2, 0.25) is 0 Å². The molecule has 2 aromatic rings. The maximum absolute atomic E-state index is 11.5. The summed E-state index contributed by atoms with van der Waals surface area (Å²) in [7, 11) is 5.57. The zero-order chi connectivity index (χ0) is 26.0. The van der Waals surface area contributed by atoms with Gasteiger partial charge in [-0.1, -0.05) is 15.9 Å². The fraction of sp³-hybridized carbons (Fsp3) is 0.360. The van der Waals surface area contributed by atoms with Crippen molar-refractivity contribution in [3.8, 4) is 11.5 Å². The molecule has 0 aliphatic carbocycles. The normalized spacial score (nSPS) is 9.88. The van der Waals surface area contributed by atoms with Gasteiger partial charge in [-0.3, -0.25) is 9.59 Å². The van der Waals surface area contributed by atoms with Crippen LogP contribution in [0.15, 0.2) is 28.7 Å². The maximum atomic E-state index is 11.5. The number of carbonyl (C=O) groups excluding carboxylic acids is 4. The van der Waals surface area contributed by atoms with Crippen molar-refractivity contribution in [3.63, 3.8) is 0 Å². The number of hydrogen-bond acceptors (Lipinski definition) is 8. The fourth-order valence-corrected chi connectivity index (χ4v) is 3.55. The maximum Gasteiger partial charge on any atom is 0.341 e. The van der Waals surface area contributed by atoms with Gasteiger partial charge in [-0.25, -0.2) is 9.59 Å². The van der Waals surface area contributed by atoms with E-state index in [0.717, 1.165) is 16.7 Å². The second kappa shape index (κ2) is 13.5. The van der Waals surface area contributed by atoms with Crippen LogP contribution in [0.3, 0.4) is 0 Å². The number of ketones is 2. The van der Waals surface area contributed by atoms with Crippen LogP contribution < -0.4 is 9.47 Å². The van der Waals surface area contributed by atoms with E-state index in [4.69, 9.17) is 9.47 Å². The van der Waals surface area contributed by atoms with Crippen LogP contribution in [0, 0.1) is 6.92 Å². The third kappa shape index (κ3) is 7.98. The number of aryl methyl sites for hydroxylation is 1. The number of halogens is 1. The van der Waals surface area contributed by atoms with Gasteiger partial charge in [0.25, 0.3) is 0 Å². The van der Waals surface area contributed by atoms with Crippen molar-refractivity contribution in [3.05, 3.63) is 56.6 Å². The third-order valence-corrected chi connectivity index (χ3v) is 5.45. The third-order valence-electron chi connectivity index (χ3n) is 4.72. The lowest BCUT2D eigenvalue weighted by Gasteiger charge is -2.11. The molecule has 0 saturated carbocycles. The Balaban J connectivity index is 0.000000340. The average Bonchev–Trinajstić information content (AvgIpc) is 2.79.